The summed E-state index contributed by atoms with van der Waals surface area (Å²) in [4.78, 5) is 26.4. The molecule has 33 heavy (non-hydrogen) atoms. The first-order valence-corrected chi connectivity index (χ1v) is 11.0. The largest absolute Gasteiger partial charge is 0.444 e. The number of benzene rings is 3. The van der Waals surface area contributed by atoms with Crippen LogP contribution < -0.4 is 10.2 Å². The molecule has 1 aliphatic heterocycles. The number of nitrogens with one attached hydrogen (secondary N) is 1. The molecule has 1 N–H and O–H groups in total. The van der Waals surface area contributed by atoms with Crippen LogP contribution in [0.5, 0.6) is 0 Å². The predicted octanol–water partition coefficient (Wildman–Crippen LogP) is 6.29. The van der Waals surface area contributed by atoms with Crippen LogP contribution in [0.1, 0.15) is 37.0 Å². The van der Waals surface area contributed by atoms with Crippen LogP contribution in [0.3, 0.4) is 0 Å². The molecule has 0 aliphatic carbocycles. The number of carbonyl (C=O) groups excluding carboxylic acids is 2. The minimum atomic E-state index is -0.643. The molecule has 5 nitrogen and oxygen atoms in total. The molecular weight excluding hydrogens is 443 g/mol. The van der Waals surface area contributed by atoms with Crippen LogP contribution in [0.4, 0.5) is 20.6 Å². The van der Waals surface area contributed by atoms with Crippen molar-refractivity contribution in [1.29, 1.82) is 0 Å². The van der Waals surface area contributed by atoms with Crippen molar-refractivity contribution in [2.75, 3.05) is 16.8 Å². The van der Waals surface area contributed by atoms with Gasteiger partial charge < -0.3 is 9.64 Å². The van der Waals surface area contributed by atoms with Crippen molar-refractivity contribution in [2.45, 2.75) is 32.3 Å². The summed E-state index contributed by atoms with van der Waals surface area (Å²) in [7, 11) is 0. The number of rotatable bonds is 4. The van der Waals surface area contributed by atoms with Gasteiger partial charge in [-0.1, -0.05) is 54.9 Å². The Morgan fingerprint density at radius 1 is 1.12 bits per heavy atom. The van der Waals surface area contributed by atoms with Crippen molar-refractivity contribution in [3.8, 4) is 0 Å². The minimum absolute atomic E-state index is 0.0237. The zero-order chi connectivity index (χ0) is 23.6. The van der Waals surface area contributed by atoms with Crippen LogP contribution >= 0.6 is 11.6 Å². The fraction of sp³-hybridized carbons (Fsp3) is 0.231. The Hall–Kier alpha value is -3.38. The number of hydrogen-bond donors (Lipinski definition) is 1. The highest BCUT2D eigenvalue weighted by atomic mass is 35.5. The van der Waals surface area contributed by atoms with Gasteiger partial charge in [0.1, 0.15) is 12.4 Å². The first kappa shape index (κ1) is 22.8. The normalized spacial score (nSPS) is 17.3. The third-order valence-electron chi connectivity index (χ3n) is 6.11. The van der Waals surface area contributed by atoms with Gasteiger partial charge in [0, 0.05) is 30.3 Å². The van der Waals surface area contributed by atoms with Crippen LogP contribution in [-0.2, 0) is 21.6 Å². The molecule has 0 spiro atoms. The molecule has 1 heterocycles. The standard InChI is InChI=1S/C26H24ClFN2O3/c1-17(31)30-13-12-26(2,19-6-4-3-5-7-19)21-15-20(9-11-24(21)30)29-25(32)33-16-18-8-10-23(28)22(27)14-18/h3-11,14-15H,12-13,16H2,1-2H3,(H,29,32). The van der Waals surface area contributed by atoms with Gasteiger partial charge in [-0.15, -0.1) is 0 Å². The number of fused-ring (bicyclic) bond motifs is 1. The van der Waals surface area contributed by atoms with Crippen molar-refractivity contribution < 1.29 is 18.7 Å². The lowest BCUT2D eigenvalue weighted by molar-refractivity contribution is -0.116. The monoisotopic (exact) mass is 466 g/mol. The van der Waals surface area contributed by atoms with Gasteiger partial charge in [-0.05, 0) is 53.4 Å². The molecule has 3 aromatic carbocycles. The number of hydrogen-bond acceptors (Lipinski definition) is 3. The summed E-state index contributed by atoms with van der Waals surface area (Å²) >= 11 is 5.78. The Balaban J connectivity index is 1.58. The number of carbonyl (C=O) groups is 2. The Kier molecular flexibility index (Phi) is 6.38. The topological polar surface area (TPSA) is 58.6 Å². The van der Waals surface area contributed by atoms with Crippen molar-refractivity contribution in [3.63, 3.8) is 0 Å². The van der Waals surface area contributed by atoms with E-state index in [0.29, 0.717) is 17.8 Å². The van der Waals surface area contributed by atoms with E-state index in [1.165, 1.54) is 18.2 Å². The van der Waals surface area contributed by atoms with E-state index >= 15 is 0 Å². The fourth-order valence-electron chi connectivity index (χ4n) is 4.25. The van der Waals surface area contributed by atoms with Gasteiger partial charge in [-0.2, -0.15) is 0 Å². The highest BCUT2D eigenvalue weighted by Crippen LogP contribution is 2.45. The molecule has 1 aliphatic rings. The summed E-state index contributed by atoms with van der Waals surface area (Å²) in [5.41, 5.74) is 3.74. The third kappa shape index (κ3) is 4.71. The summed E-state index contributed by atoms with van der Waals surface area (Å²) in [6, 6.07) is 19.8. The van der Waals surface area contributed by atoms with E-state index in [9.17, 15) is 14.0 Å². The van der Waals surface area contributed by atoms with Crippen LogP contribution in [0.15, 0.2) is 66.7 Å². The minimum Gasteiger partial charge on any atom is -0.444 e. The third-order valence-corrected chi connectivity index (χ3v) is 6.40. The summed E-state index contributed by atoms with van der Waals surface area (Å²) < 4.78 is 18.6. The lowest BCUT2D eigenvalue weighted by atomic mass is 9.71. The molecule has 0 saturated carbocycles. The summed E-state index contributed by atoms with van der Waals surface area (Å²) in [5.74, 6) is -0.551. The summed E-state index contributed by atoms with van der Waals surface area (Å²) in [6.07, 6.45) is 0.110. The molecular formula is C26H24ClFN2O3. The molecule has 3 aromatic rings. The highest BCUT2D eigenvalue weighted by molar-refractivity contribution is 6.30. The molecule has 0 bridgehead atoms. The number of halogens is 2. The van der Waals surface area contributed by atoms with E-state index < -0.39 is 11.9 Å². The average molecular weight is 467 g/mol. The Bertz CT molecular complexity index is 1200. The lowest BCUT2D eigenvalue weighted by Crippen LogP contribution is -2.41. The van der Waals surface area contributed by atoms with Gasteiger partial charge in [0.05, 0.1) is 5.02 Å². The van der Waals surface area contributed by atoms with Gasteiger partial charge in [0.25, 0.3) is 0 Å². The smallest absolute Gasteiger partial charge is 0.411 e. The molecule has 7 heteroatoms. The van der Waals surface area contributed by atoms with E-state index in [0.717, 1.165) is 23.2 Å². The highest BCUT2D eigenvalue weighted by Gasteiger charge is 2.37. The summed E-state index contributed by atoms with van der Waals surface area (Å²) in [5, 5.41) is 2.72. The van der Waals surface area contributed by atoms with E-state index in [1.54, 1.807) is 17.9 Å². The van der Waals surface area contributed by atoms with Gasteiger partial charge in [0.15, 0.2) is 0 Å². The van der Waals surface area contributed by atoms with Gasteiger partial charge in [-0.3, -0.25) is 10.1 Å². The number of ether oxygens (including phenoxy) is 1. The average Bonchev–Trinajstić information content (AvgIpc) is 2.81. The Labute approximate surface area is 197 Å². The zero-order valence-electron chi connectivity index (χ0n) is 18.4. The van der Waals surface area contributed by atoms with Gasteiger partial charge in [-0.25, -0.2) is 9.18 Å². The van der Waals surface area contributed by atoms with Crippen LogP contribution in [0.2, 0.25) is 5.02 Å². The van der Waals surface area contributed by atoms with Crippen molar-refractivity contribution in [2.24, 2.45) is 0 Å². The quantitative estimate of drug-likeness (QED) is 0.491. The maximum atomic E-state index is 13.3. The molecule has 4 rings (SSSR count). The molecule has 1 atom stereocenters. The summed E-state index contributed by atoms with van der Waals surface area (Å²) in [6.45, 7) is 4.28. The molecule has 2 amide bonds. The van der Waals surface area contributed by atoms with Crippen LogP contribution in [-0.4, -0.2) is 18.5 Å². The molecule has 0 radical (unpaired) electrons. The van der Waals surface area contributed by atoms with Gasteiger partial charge >= 0.3 is 6.09 Å². The van der Waals surface area contributed by atoms with E-state index in [2.05, 4.69) is 24.4 Å². The zero-order valence-corrected chi connectivity index (χ0v) is 19.2. The SMILES string of the molecule is CC(=O)N1CCC(C)(c2ccccc2)c2cc(NC(=O)OCc3ccc(F)c(Cl)c3)ccc21. The second-order valence-corrected chi connectivity index (χ2v) is 8.71. The van der Waals surface area contributed by atoms with E-state index in [-0.39, 0.29) is 23.0 Å². The number of anilines is 2. The van der Waals surface area contributed by atoms with E-state index in [1.807, 2.05) is 30.3 Å². The van der Waals surface area contributed by atoms with Crippen molar-refractivity contribution in [1.82, 2.24) is 0 Å². The molecule has 0 aromatic heterocycles. The molecule has 170 valence electrons. The fourth-order valence-corrected chi connectivity index (χ4v) is 4.45. The maximum absolute atomic E-state index is 13.3. The van der Waals surface area contributed by atoms with Crippen LogP contribution in [0.25, 0.3) is 0 Å². The lowest BCUT2D eigenvalue weighted by Gasteiger charge is -2.41. The second kappa shape index (κ2) is 9.24. The van der Waals surface area contributed by atoms with Crippen molar-refractivity contribution in [3.05, 3.63) is 94.3 Å². The molecule has 1 unspecified atom stereocenters. The predicted molar refractivity (Wildman–Crippen MR) is 127 cm³/mol. The van der Waals surface area contributed by atoms with Crippen molar-refractivity contribution >= 4 is 35.0 Å². The molecule has 0 saturated heterocycles. The Morgan fingerprint density at radius 2 is 1.88 bits per heavy atom. The molecule has 0 fully saturated rings. The van der Waals surface area contributed by atoms with Gasteiger partial charge in [0.2, 0.25) is 5.91 Å². The van der Waals surface area contributed by atoms with E-state index in [4.69, 9.17) is 16.3 Å². The van der Waals surface area contributed by atoms with Crippen LogP contribution in [0, 0.1) is 5.82 Å². The Morgan fingerprint density at radius 3 is 2.58 bits per heavy atom. The number of nitrogens with zero attached hydrogens (tertiary/aromatic N) is 1. The second-order valence-electron chi connectivity index (χ2n) is 8.30. The first-order chi connectivity index (χ1) is 15.8. The first-order valence-electron chi connectivity index (χ1n) is 10.6. The number of amides is 2. The maximum Gasteiger partial charge on any atom is 0.411 e.